The Morgan fingerprint density at radius 3 is 0.774 bits per heavy atom. The Kier molecular flexibility index (Phi) is 20.5. The van der Waals surface area contributed by atoms with Crippen LogP contribution in [0.25, 0.3) is 5.73 Å². The molecule has 0 spiro atoms. The van der Waals surface area contributed by atoms with Crippen LogP contribution in [0.5, 0.6) is 0 Å². The van der Waals surface area contributed by atoms with E-state index in [0.29, 0.717) is 0 Å². The van der Waals surface area contributed by atoms with E-state index in [1.807, 2.05) is 35.5 Å². The number of hydrogen-bond donors (Lipinski definition) is 0. The van der Waals surface area contributed by atoms with Gasteiger partial charge in [-0.15, -0.1) is 6.54 Å². The summed E-state index contributed by atoms with van der Waals surface area (Å²) < 4.78 is 39.0. The summed E-state index contributed by atoms with van der Waals surface area (Å²) in [6, 6.07) is 70.6. The van der Waals surface area contributed by atoms with Gasteiger partial charge >= 0.3 is 34.3 Å². The summed E-state index contributed by atoms with van der Waals surface area (Å²) in [5.74, 6) is 0. The smallest absolute Gasteiger partial charge is 0.102 e. The molecule has 0 saturated carbocycles. The van der Waals surface area contributed by atoms with E-state index in [4.69, 9.17) is 5.73 Å². The van der Waals surface area contributed by atoms with E-state index < -0.39 is 23.1 Å². The minimum Gasteiger partial charge on any atom is -0.672 e. The average Bonchev–Trinajstić information content (AvgIpc) is 3.22. The summed E-state index contributed by atoms with van der Waals surface area (Å²) >= 11 is 1.82. The fraction of sp³-hybridized carbons (Fsp3) is 0.0238. The number of nitrogens with zero attached hydrogens (tertiary/aromatic N) is 1. The topological polar surface area (TPSA) is 36.7 Å². The van der Waals surface area contributed by atoms with Crippen LogP contribution in [0.1, 0.15) is 5.69 Å². The van der Waals surface area contributed by atoms with Crippen LogP contribution in [0.15, 0.2) is 206 Å². The quantitative estimate of drug-likeness (QED) is 0.0894. The molecule has 2 nitrogen and oxygen atoms in total. The Morgan fingerprint density at radius 1 is 0.415 bits per heavy atom. The van der Waals surface area contributed by atoms with Crippen LogP contribution in [-0.2, 0) is 23.9 Å². The first-order valence-electron chi connectivity index (χ1n) is 16.4. The second-order valence-electron chi connectivity index (χ2n) is 10.9. The van der Waals surface area contributed by atoms with Crippen molar-refractivity contribution in [2.75, 3.05) is 0 Å². The Balaban J connectivity index is 0.000000208. The van der Waals surface area contributed by atoms with Crippen molar-refractivity contribution in [2.45, 2.75) is 6.54 Å². The van der Waals surface area contributed by atoms with Crippen molar-refractivity contribution in [3.8, 4) is 0 Å². The van der Waals surface area contributed by atoms with Crippen LogP contribution < -0.4 is 31.8 Å². The molecular formula is C42H39BClF4N2P2Ru+2. The number of pyridine rings is 1. The van der Waals surface area contributed by atoms with E-state index in [1.165, 1.54) is 31.8 Å². The molecule has 1 heterocycles. The normalized spacial score (nSPS) is 10.2. The summed E-state index contributed by atoms with van der Waals surface area (Å²) in [5, 5.41) is 8.61. The molecule has 0 bridgehead atoms. The molecule has 1 aromatic heterocycles. The number of benzene rings is 6. The first kappa shape index (κ1) is 43.4. The number of nitrogens with one attached hydrogen (secondary N) is 1. The van der Waals surface area contributed by atoms with Crippen molar-refractivity contribution in [1.82, 2.24) is 4.98 Å². The van der Waals surface area contributed by atoms with Gasteiger partial charge in [-0.25, -0.2) is 0 Å². The second-order valence-corrected chi connectivity index (χ2v) is 15.9. The predicted octanol–water partition coefficient (Wildman–Crippen LogP) is 9.97. The van der Waals surface area contributed by atoms with E-state index in [1.54, 1.807) is 6.20 Å². The molecule has 271 valence electrons. The maximum absolute atomic E-state index is 9.75. The largest absolute Gasteiger partial charge is 0.672 e. The first-order valence-corrected chi connectivity index (χ1v) is 21.7. The van der Waals surface area contributed by atoms with Gasteiger partial charge in [0.2, 0.25) is 0 Å². The molecule has 0 aliphatic carbocycles. The molecule has 7 aromatic rings. The Bertz CT molecular complexity index is 1610. The van der Waals surface area contributed by atoms with Gasteiger partial charge in [-0.3, -0.25) is 4.98 Å². The molecule has 7 rings (SSSR count). The maximum Gasteiger partial charge on any atom is 0.102 e. The van der Waals surface area contributed by atoms with Crippen molar-refractivity contribution < 1.29 is 34.6 Å². The number of hydrogen-bond acceptors (Lipinski definition) is 1. The van der Waals surface area contributed by atoms with Gasteiger partial charge in [0.05, 0.1) is 15.8 Å². The van der Waals surface area contributed by atoms with Gasteiger partial charge in [0, 0.05) is 11.9 Å². The van der Waals surface area contributed by atoms with E-state index in [0.717, 1.165) is 5.69 Å². The molecule has 0 unspecified atom stereocenters. The summed E-state index contributed by atoms with van der Waals surface area (Å²) in [5.41, 5.74) is 7.71. The second kappa shape index (κ2) is 25.1. The fourth-order valence-electron chi connectivity index (χ4n) is 5.13. The van der Waals surface area contributed by atoms with Gasteiger partial charge < -0.3 is 23.0 Å². The SMILES string of the molecule is F[B-](F)(F)F.[Cl][Ru+2].[NH-]Cc1ccccn1.c1ccc([PH+](c2ccccc2)c2ccccc2)cc1.c1ccc([PH+](c2ccccc2)c2ccccc2)cc1. The maximum atomic E-state index is 9.75. The van der Waals surface area contributed by atoms with Crippen molar-refractivity contribution in [3.05, 3.63) is 218 Å². The van der Waals surface area contributed by atoms with E-state index >= 15 is 0 Å². The van der Waals surface area contributed by atoms with Gasteiger partial charge in [0.1, 0.15) is 31.8 Å². The zero-order chi connectivity index (χ0) is 38.2. The number of rotatable bonds is 7. The minimum atomic E-state index is -6.00. The molecule has 0 saturated heterocycles. The molecule has 0 aliphatic heterocycles. The Hall–Kier alpha value is -4.01. The summed E-state index contributed by atoms with van der Waals surface area (Å²) in [4.78, 5) is 3.91. The van der Waals surface area contributed by atoms with Crippen molar-refractivity contribution >= 4 is 64.6 Å². The monoisotopic (exact) mass is 857 g/mol. The molecule has 11 heteroatoms. The molecule has 0 radical (unpaired) electrons. The fourth-order valence-corrected chi connectivity index (χ4v) is 10.3. The molecule has 0 aliphatic rings. The summed E-state index contributed by atoms with van der Waals surface area (Å²) in [6.07, 6.45) is 1.70. The standard InChI is InChI=1S/2C18H15P.C6H7N2.BF4.ClH.Ru/c2*1-4-10-16(11-5-1)19(17-12-6-2-7-13-17)18-14-8-3-9-15-18;7-5-6-3-1-2-4-8-6;2-1(3,4)5;;/h2*1-15H;1-4,7H,5H2;;1H;/q;;2*-1;;+3/p+1. The molecule has 6 aromatic carbocycles. The van der Waals surface area contributed by atoms with Gasteiger partial charge in [0.25, 0.3) is 0 Å². The zero-order valence-corrected chi connectivity index (χ0v) is 33.1. The van der Waals surface area contributed by atoms with Gasteiger partial charge in [-0.2, -0.15) is 0 Å². The van der Waals surface area contributed by atoms with Crippen LogP contribution in [0.3, 0.4) is 0 Å². The van der Waals surface area contributed by atoms with Gasteiger partial charge in [0.15, 0.2) is 0 Å². The Labute approximate surface area is 326 Å². The average molecular weight is 857 g/mol. The van der Waals surface area contributed by atoms with Crippen LogP contribution in [0.4, 0.5) is 17.3 Å². The molecule has 0 amide bonds. The van der Waals surface area contributed by atoms with E-state index in [9.17, 15) is 17.3 Å². The van der Waals surface area contributed by atoms with E-state index in [2.05, 4.69) is 197 Å². The van der Waals surface area contributed by atoms with Crippen molar-refractivity contribution in [2.24, 2.45) is 0 Å². The zero-order valence-electron chi connectivity index (χ0n) is 28.6. The molecule has 53 heavy (non-hydrogen) atoms. The predicted molar refractivity (Wildman–Crippen MR) is 221 cm³/mol. The molecular weight excluding hydrogens is 818 g/mol. The Morgan fingerprint density at radius 2 is 0.623 bits per heavy atom. The number of aromatic nitrogens is 1. The van der Waals surface area contributed by atoms with Gasteiger partial charge in [-0.1, -0.05) is 115 Å². The van der Waals surface area contributed by atoms with Gasteiger partial charge in [-0.05, 0) is 84.9 Å². The van der Waals surface area contributed by atoms with Crippen molar-refractivity contribution in [1.29, 1.82) is 0 Å². The van der Waals surface area contributed by atoms with Crippen LogP contribution in [-0.4, -0.2) is 12.2 Å². The van der Waals surface area contributed by atoms with E-state index in [-0.39, 0.29) is 6.54 Å². The first-order chi connectivity index (χ1) is 25.8. The third-order valence-electron chi connectivity index (χ3n) is 7.28. The third-order valence-corrected chi connectivity index (χ3v) is 12.7. The molecule has 0 atom stereocenters. The summed E-state index contributed by atoms with van der Waals surface area (Å²) in [7, 11) is -3.19. The molecule has 0 fully saturated rings. The van der Waals surface area contributed by atoms with Crippen LogP contribution >= 0.6 is 25.5 Å². The summed E-state index contributed by atoms with van der Waals surface area (Å²) in [6.45, 7) is 0.279. The van der Waals surface area contributed by atoms with Crippen molar-refractivity contribution in [3.63, 3.8) is 0 Å². The van der Waals surface area contributed by atoms with Crippen LogP contribution in [0.2, 0.25) is 0 Å². The third kappa shape index (κ3) is 16.7. The number of halogens is 5. The van der Waals surface area contributed by atoms with Crippen LogP contribution in [0, 0.1) is 0 Å². The molecule has 1 N–H and O–H groups in total. The minimum absolute atomic E-state index is 0.279.